The van der Waals surface area contributed by atoms with Crippen LogP contribution in [0.25, 0.3) is 0 Å². The molecule has 0 fully saturated rings. The van der Waals surface area contributed by atoms with Gasteiger partial charge in [-0.3, -0.25) is 9.52 Å². The second kappa shape index (κ2) is 7.72. The van der Waals surface area contributed by atoms with Gasteiger partial charge in [0, 0.05) is 17.6 Å². The molecule has 0 bridgehead atoms. The maximum Gasteiger partial charge on any atom is 0.262 e. The number of carbonyl (C=O) groups is 1. The highest BCUT2D eigenvalue weighted by atomic mass is 35.5. The Labute approximate surface area is 176 Å². The average Bonchev–Trinajstić information content (AvgIpc) is 2.74. The Balaban J connectivity index is 1.99. The van der Waals surface area contributed by atoms with E-state index in [0.29, 0.717) is 34.3 Å². The molecule has 1 amide bonds. The molecule has 1 aliphatic rings. The zero-order valence-corrected chi connectivity index (χ0v) is 18.1. The predicted molar refractivity (Wildman–Crippen MR) is 115 cm³/mol. The zero-order chi connectivity index (χ0) is 21.4. The molecule has 0 atom stereocenters. The lowest BCUT2D eigenvalue weighted by Crippen LogP contribution is -2.42. The van der Waals surface area contributed by atoms with Crippen LogP contribution in [0.15, 0.2) is 53.9 Å². The van der Waals surface area contributed by atoms with Gasteiger partial charge < -0.3 is 9.64 Å². The molecule has 8 heteroatoms. The molecular weight excluding hydrogens is 412 g/mol. The van der Waals surface area contributed by atoms with Crippen LogP contribution in [0.2, 0.25) is 5.02 Å². The molecule has 29 heavy (non-hydrogen) atoms. The van der Waals surface area contributed by atoms with Crippen LogP contribution in [0.1, 0.15) is 19.4 Å². The molecule has 1 heterocycles. The summed E-state index contributed by atoms with van der Waals surface area (Å²) in [4.78, 5) is 14.6. The van der Waals surface area contributed by atoms with Crippen molar-refractivity contribution in [2.24, 2.45) is 5.41 Å². The van der Waals surface area contributed by atoms with Crippen LogP contribution < -0.4 is 14.4 Å². The van der Waals surface area contributed by atoms with E-state index in [1.165, 1.54) is 6.07 Å². The molecule has 2 aromatic rings. The van der Waals surface area contributed by atoms with Crippen molar-refractivity contribution in [3.05, 3.63) is 59.6 Å². The molecule has 1 aliphatic heterocycles. The van der Waals surface area contributed by atoms with Crippen molar-refractivity contribution in [1.29, 1.82) is 0 Å². The lowest BCUT2D eigenvalue weighted by atomic mass is 9.93. The number of rotatable bonds is 5. The van der Waals surface area contributed by atoms with E-state index < -0.39 is 15.4 Å². The van der Waals surface area contributed by atoms with Crippen molar-refractivity contribution in [1.82, 2.24) is 0 Å². The van der Waals surface area contributed by atoms with Crippen molar-refractivity contribution in [3.8, 4) is 5.75 Å². The van der Waals surface area contributed by atoms with Crippen molar-refractivity contribution in [2.45, 2.75) is 25.7 Å². The molecule has 6 nitrogen and oxygen atoms in total. The second-order valence-electron chi connectivity index (χ2n) is 7.57. The minimum absolute atomic E-state index is 0.0842. The number of hydrogen-bond acceptors (Lipinski definition) is 4. The van der Waals surface area contributed by atoms with E-state index in [0.717, 1.165) is 0 Å². The summed E-state index contributed by atoms with van der Waals surface area (Å²) >= 11 is 5.97. The van der Waals surface area contributed by atoms with Crippen LogP contribution in [-0.4, -0.2) is 27.5 Å². The average molecular weight is 435 g/mol. The number of hydrogen-bond donors (Lipinski definition) is 1. The van der Waals surface area contributed by atoms with Crippen molar-refractivity contribution in [2.75, 3.05) is 22.8 Å². The number of benzene rings is 2. The lowest BCUT2D eigenvalue weighted by Gasteiger charge is -2.27. The highest BCUT2D eigenvalue weighted by Crippen LogP contribution is 2.38. The van der Waals surface area contributed by atoms with E-state index in [-0.39, 0.29) is 17.4 Å². The van der Waals surface area contributed by atoms with Gasteiger partial charge in [-0.15, -0.1) is 6.58 Å². The number of carbonyl (C=O) groups excluding carboxylic acids is 1. The van der Waals surface area contributed by atoms with E-state index in [4.69, 9.17) is 16.3 Å². The molecule has 0 spiro atoms. The van der Waals surface area contributed by atoms with Gasteiger partial charge >= 0.3 is 0 Å². The SMILES string of the molecule is C=CCN1C(=O)C(C)(C)COc2cc(NS(=O)(=O)c3cc(Cl)ccc3C)ccc21. The molecule has 0 aromatic heterocycles. The number of halogens is 1. The summed E-state index contributed by atoms with van der Waals surface area (Å²) in [6, 6.07) is 9.54. The maximum atomic E-state index is 12.9. The molecule has 2 aromatic carbocycles. The van der Waals surface area contributed by atoms with E-state index in [1.54, 1.807) is 48.2 Å². The number of nitrogens with zero attached hydrogens (tertiary/aromatic N) is 1. The quantitative estimate of drug-likeness (QED) is 0.708. The van der Waals surface area contributed by atoms with Gasteiger partial charge in [0.2, 0.25) is 5.91 Å². The summed E-state index contributed by atoms with van der Waals surface area (Å²) in [5.41, 5.74) is 0.758. The molecule has 0 unspecified atom stereocenters. The third kappa shape index (κ3) is 4.26. The van der Waals surface area contributed by atoms with E-state index in [1.807, 2.05) is 13.8 Å². The van der Waals surface area contributed by atoms with Crippen LogP contribution in [0, 0.1) is 12.3 Å². The molecule has 0 saturated carbocycles. The predicted octanol–water partition coefficient (Wildman–Crippen LogP) is 4.39. The van der Waals surface area contributed by atoms with Crippen molar-refractivity contribution < 1.29 is 17.9 Å². The third-order valence-electron chi connectivity index (χ3n) is 4.67. The standard InChI is InChI=1S/C21H23ClN2O4S/c1-5-10-24-17-9-8-16(12-18(17)28-13-21(3,4)20(24)25)23-29(26,27)19-11-15(22)7-6-14(19)2/h5-9,11-12,23H,1,10,13H2,2-4H3. The Kier molecular flexibility index (Phi) is 5.65. The van der Waals surface area contributed by atoms with Gasteiger partial charge in [-0.25, -0.2) is 8.42 Å². The molecule has 0 aliphatic carbocycles. The normalized spacial score (nSPS) is 15.9. The van der Waals surface area contributed by atoms with Gasteiger partial charge in [0.25, 0.3) is 10.0 Å². The van der Waals surface area contributed by atoms with Gasteiger partial charge in [0.05, 0.1) is 21.7 Å². The lowest BCUT2D eigenvalue weighted by molar-refractivity contribution is -0.127. The van der Waals surface area contributed by atoms with Crippen LogP contribution in [0.4, 0.5) is 11.4 Å². The first-order chi connectivity index (χ1) is 13.5. The number of sulfonamides is 1. The Morgan fingerprint density at radius 1 is 1.28 bits per heavy atom. The second-order valence-corrected chi connectivity index (χ2v) is 9.66. The fourth-order valence-corrected chi connectivity index (χ4v) is 4.65. The molecule has 154 valence electrons. The molecular formula is C21H23ClN2O4S. The number of aryl methyl sites for hydroxylation is 1. The van der Waals surface area contributed by atoms with Gasteiger partial charge in [-0.1, -0.05) is 23.7 Å². The largest absolute Gasteiger partial charge is 0.490 e. The Morgan fingerprint density at radius 3 is 2.69 bits per heavy atom. The van der Waals surface area contributed by atoms with Gasteiger partial charge in [0.1, 0.15) is 12.4 Å². The highest BCUT2D eigenvalue weighted by molar-refractivity contribution is 7.92. The van der Waals surface area contributed by atoms with E-state index >= 15 is 0 Å². The summed E-state index contributed by atoms with van der Waals surface area (Å²) in [6.07, 6.45) is 1.64. The first-order valence-corrected chi connectivity index (χ1v) is 10.9. The van der Waals surface area contributed by atoms with Crippen LogP contribution >= 0.6 is 11.6 Å². The van der Waals surface area contributed by atoms with Gasteiger partial charge in [-0.05, 0) is 50.6 Å². The summed E-state index contributed by atoms with van der Waals surface area (Å²) < 4.78 is 34.1. The highest BCUT2D eigenvalue weighted by Gasteiger charge is 2.37. The molecule has 3 rings (SSSR count). The van der Waals surface area contributed by atoms with E-state index in [9.17, 15) is 13.2 Å². The minimum atomic E-state index is -3.85. The number of amides is 1. The fourth-order valence-electron chi connectivity index (χ4n) is 3.09. The van der Waals surface area contributed by atoms with Crippen LogP contribution in [0.3, 0.4) is 0 Å². The zero-order valence-electron chi connectivity index (χ0n) is 16.5. The number of fused-ring (bicyclic) bond motifs is 1. The summed E-state index contributed by atoms with van der Waals surface area (Å²) in [7, 11) is -3.85. The fraction of sp³-hybridized carbons (Fsp3) is 0.286. The molecule has 1 N–H and O–H groups in total. The topological polar surface area (TPSA) is 75.7 Å². The number of ether oxygens (including phenoxy) is 1. The van der Waals surface area contributed by atoms with Crippen molar-refractivity contribution in [3.63, 3.8) is 0 Å². The number of anilines is 2. The summed E-state index contributed by atoms with van der Waals surface area (Å²) in [6.45, 7) is 9.54. The Hall–Kier alpha value is -2.51. The monoisotopic (exact) mass is 434 g/mol. The number of nitrogens with one attached hydrogen (secondary N) is 1. The van der Waals surface area contributed by atoms with Crippen LogP contribution in [-0.2, 0) is 14.8 Å². The molecule has 0 saturated heterocycles. The van der Waals surface area contributed by atoms with Crippen LogP contribution in [0.5, 0.6) is 5.75 Å². The maximum absolute atomic E-state index is 12.9. The third-order valence-corrected chi connectivity index (χ3v) is 6.43. The van der Waals surface area contributed by atoms with E-state index in [2.05, 4.69) is 11.3 Å². The Morgan fingerprint density at radius 2 is 2.00 bits per heavy atom. The smallest absolute Gasteiger partial charge is 0.262 e. The Bertz CT molecular complexity index is 1080. The first kappa shape index (κ1) is 21.2. The summed E-state index contributed by atoms with van der Waals surface area (Å²) in [5, 5.41) is 0.335. The van der Waals surface area contributed by atoms with Gasteiger partial charge in [-0.2, -0.15) is 0 Å². The van der Waals surface area contributed by atoms with Gasteiger partial charge in [0.15, 0.2) is 0 Å². The first-order valence-electron chi connectivity index (χ1n) is 9.04. The van der Waals surface area contributed by atoms with Crippen molar-refractivity contribution >= 4 is 38.9 Å². The minimum Gasteiger partial charge on any atom is -0.490 e. The summed E-state index contributed by atoms with van der Waals surface area (Å²) in [5.74, 6) is 0.341. The molecule has 0 radical (unpaired) electrons.